The molecule has 8 nitrogen and oxygen atoms in total. The maximum atomic E-state index is 13.1. The van der Waals surface area contributed by atoms with E-state index in [2.05, 4.69) is 36.0 Å². The van der Waals surface area contributed by atoms with Crippen molar-refractivity contribution < 1.29 is 17.9 Å². The lowest BCUT2D eigenvalue weighted by molar-refractivity contribution is 0.0583. The summed E-state index contributed by atoms with van der Waals surface area (Å²) < 4.78 is 33.4. The van der Waals surface area contributed by atoms with Gasteiger partial charge in [0.2, 0.25) is 10.0 Å². The van der Waals surface area contributed by atoms with Crippen LogP contribution in [0.15, 0.2) is 29.3 Å². The molecule has 0 radical (unpaired) electrons. The van der Waals surface area contributed by atoms with Crippen LogP contribution in [0.25, 0.3) is 0 Å². The highest BCUT2D eigenvalue weighted by Crippen LogP contribution is 2.26. The SMILES string of the molecule is COC(=O)c1c(S(=O)(=O)N2CCN(c3cccc(C)c3C)CC2)cnn1C. The molecule has 0 saturated carbocycles. The second-order valence-corrected chi connectivity index (χ2v) is 8.49. The maximum Gasteiger partial charge on any atom is 0.357 e. The number of aryl methyl sites for hydroxylation is 2. The highest BCUT2D eigenvalue weighted by molar-refractivity contribution is 7.89. The van der Waals surface area contributed by atoms with Gasteiger partial charge in [-0.15, -0.1) is 0 Å². The van der Waals surface area contributed by atoms with Crippen molar-refractivity contribution in [3.8, 4) is 0 Å². The molecule has 1 aliphatic rings. The average molecular weight is 392 g/mol. The molecule has 0 bridgehead atoms. The summed E-state index contributed by atoms with van der Waals surface area (Å²) in [6.07, 6.45) is 1.21. The molecule has 1 saturated heterocycles. The van der Waals surface area contributed by atoms with Gasteiger partial charge < -0.3 is 9.64 Å². The second-order valence-electron chi connectivity index (χ2n) is 6.58. The average Bonchev–Trinajstić information content (AvgIpc) is 3.06. The van der Waals surface area contributed by atoms with Gasteiger partial charge in [0.25, 0.3) is 0 Å². The lowest BCUT2D eigenvalue weighted by Crippen LogP contribution is -2.49. The predicted octanol–water partition coefficient (Wildman–Crippen LogP) is 1.33. The van der Waals surface area contributed by atoms with Gasteiger partial charge in [-0.05, 0) is 31.0 Å². The van der Waals surface area contributed by atoms with E-state index < -0.39 is 16.0 Å². The molecule has 0 amide bonds. The number of esters is 1. The standard InChI is InChI=1S/C18H24N4O4S/c1-13-6-5-7-15(14(13)2)21-8-10-22(11-9-21)27(24,25)16-12-19-20(3)17(16)18(23)26-4/h5-7,12H,8-11H2,1-4H3. The lowest BCUT2D eigenvalue weighted by Gasteiger charge is -2.36. The predicted molar refractivity (Wildman–Crippen MR) is 101 cm³/mol. The molecule has 0 aliphatic carbocycles. The molecule has 1 aromatic heterocycles. The number of anilines is 1. The highest BCUT2D eigenvalue weighted by Gasteiger charge is 2.34. The number of piperazine rings is 1. The molecule has 0 unspecified atom stereocenters. The largest absolute Gasteiger partial charge is 0.464 e. The van der Waals surface area contributed by atoms with Crippen LogP contribution in [-0.2, 0) is 21.8 Å². The van der Waals surface area contributed by atoms with E-state index in [1.54, 1.807) is 0 Å². The van der Waals surface area contributed by atoms with Crippen LogP contribution in [0.4, 0.5) is 5.69 Å². The molecule has 3 rings (SSSR count). The van der Waals surface area contributed by atoms with Crippen molar-refractivity contribution in [2.75, 3.05) is 38.2 Å². The molecule has 27 heavy (non-hydrogen) atoms. The minimum absolute atomic E-state index is 0.0607. The Bertz CT molecular complexity index is 960. The number of rotatable bonds is 4. The van der Waals surface area contributed by atoms with Gasteiger partial charge in [0, 0.05) is 38.9 Å². The first-order valence-electron chi connectivity index (χ1n) is 8.69. The van der Waals surface area contributed by atoms with E-state index in [1.165, 1.54) is 40.5 Å². The molecule has 2 aromatic rings. The van der Waals surface area contributed by atoms with E-state index in [0.717, 1.165) is 5.69 Å². The monoisotopic (exact) mass is 392 g/mol. The number of benzene rings is 1. The van der Waals surface area contributed by atoms with Crippen molar-refractivity contribution in [2.24, 2.45) is 7.05 Å². The topological polar surface area (TPSA) is 84.7 Å². The summed E-state index contributed by atoms with van der Waals surface area (Å²) in [5.41, 5.74) is 3.48. The van der Waals surface area contributed by atoms with Gasteiger partial charge in [0.15, 0.2) is 5.69 Å². The van der Waals surface area contributed by atoms with E-state index in [4.69, 9.17) is 4.74 Å². The normalized spacial score (nSPS) is 15.8. The third kappa shape index (κ3) is 3.44. The Morgan fingerprint density at radius 2 is 1.81 bits per heavy atom. The van der Waals surface area contributed by atoms with Gasteiger partial charge in [-0.1, -0.05) is 12.1 Å². The van der Waals surface area contributed by atoms with Crippen LogP contribution in [-0.4, -0.2) is 61.8 Å². The van der Waals surface area contributed by atoms with Gasteiger partial charge in [0.1, 0.15) is 4.90 Å². The summed E-state index contributed by atoms with van der Waals surface area (Å²) in [7, 11) is -1.09. The molecular weight excluding hydrogens is 368 g/mol. The third-order valence-electron chi connectivity index (χ3n) is 5.06. The van der Waals surface area contributed by atoms with Crippen LogP contribution in [0.1, 0.15) is 21.6 Å². The van der Waals surface area contributed by atoms with E-state index in [1.807, 2.05) is 6.07 Å². The molecule has 146 valence electrons. The zero-order valence-electron chi connectivity index (χ0n) is 16.0. The summed E-state index contributed by atoms with van der Waals surface area (Å²) in [6, 6.07) is 6.14. The minimum Gasteiger partial charge on any atom is -0.464 e. The molecule has 1 aliphatic heterocycles. The van der Waals surface area contributed by atoms with Crippen LogP contribution < -0.4 is 4.90 Å². The highest BCUT2D eigenvalue weighted by atomic mass is 32.2. The lowest BCUT2D eigenvalue weighted by atomic mass is 10.1. The number of aromatic nitrogens is 2. The van der Waals surface area contributed by atoms with Crippen LogP contribution in [0.2, 0.25) is 0 Å². The van der Waals surface area contributed by atoms with Crippen LogP contribution in [0.3, 0.4) is 0 Å². The number of sulfonamides is 1. The number of methoxy groups -OCH3 is 1. The Hall–Kier alpha value is -2.39. The van der Waals surface area contributed by atoms with E-state index in [9.17, 15) is 13.2 Å². The van der Waals surface area contributed by atoms with E-state index in [-0.39, 0.29) is 10.6 Å². The summed E-state index contributed by atoms with van der Waals surface area (Å²) >= 11 is 0. The quantitative estimate of drug-likeness (QED) is 0.730. The number of hydrogen-bond donors (Lipinski definition) is 0. The molecule has 9 heteroatoms. The summed E-state index contributed by atoms with van der Waals surface area (Å²) in [5, 5.41) is 3.93. The van der Waals surface area contributed by atoms with Crippen molar-refractivity contribution in [3.05, 3.63) is 41.2 Å². The third-order valence-corrected chi connectivity index (χ3v) is 6.96. The number of carbonyl (C=O) groups is 1. The maximum absolute atomic E-state index is 13.1. The first-order chi connectivity index (χ1) is 12.8. The Morgan fingerprint density at radius 3 is 2.44 bits per heavy atom. The number of carbonyl (C=O) groups excluding carboxylic acids is 1. The first kappa shape index (κ1) is 19.4. The van der Waals surface area contributed by atoms with Gasteiger partial charge >= 0.3 is 5.97 Å². The number of hydrogen-bond acceptors (Lipinski definition) is 6. The van der Waals surface area contributed by atoms with Crippen molar-refractivity contribution in [3.63, 3.8) is 0 Å². The zero-order chi connectivity index (χ0) is 19.8. The summed E-state index contributed by atoms with van der Waals surface area (Å²) in [6.45, 7) is 5.98. The molecule has 1 aromatic carbocycles. The van der Waals surface area contributed by atoms with E-state index in [0.29, 0.717) is 26.2 Å². The van der Waals surface area contributed by atoms with Gasteiger partial charge in [-0.25, -0.2) is 13.2 Å². The molecule has 1 fully saturated rings. The fourth-order valence-electron chi connectivity index (χ4n) is 3.32. The minimum atomic E-state index is -3.83. The van der Waals surface area contributed by atoms with Gasteiger partial charge in [0.05, 0.1) is 13.3 Å². The fraction of sp³-hybridized carbons (Fsp3) is 0.444. The first-order valence-corrected chi connectivity index (χ1v) is 10.1. The molecule has 0 N–H and O–H groups in total. The Labute approximate surface area is 159 Å². The Balaban J connectivity index is 1.82. The van der Waals surface area contributed by atoms with E-state index >= 15 is 0 Å². The molecule has 0 spiro atoms. The smallest absolute Gasteiger partial charge is 0.357 e. The van der Waals surface area contributed by atoms with Crippen molar-refractivity contribution in [2.45, 2.75) is 18.7 Å². The van der Waals surface area contributed by atoms with Gasteiger partial charge in [-0.2, -0.15) is 9.40 Å². The molecular formula is C18H24N4O4S. The van der Waals surface area contributed by atoms with Crippen LogP contribution in [0.5, 0.6) is 0 Å². The Morgan fingerprint density at radius 1 is 1.15 bits per heavy atom. The summed E-state index contributed by atoms with van der Waals surface area (Å²) in [4.78, 5) is 14.1. The molecule has 0 atom stereocenters. The van der Waals surface area contributed by atoms with Crippen LogP contribution >= 0.6 is 0 Å². The van der Waals surface area contributed by atoms with Crippen molar-refractivity contribution >= 4 is 21.7 Å². The van der Waals surface area contributed by atoms with Gasteiger partial charge in [-0.3, -0.25) is 4.68 Å². The number of nitrogens with zero attached hydrogens (tertiary/aromatic N) is 4. The number of ether oxygens (including phenoxy) is 1. The van der Waals surface area contributed by atoms with Crippen molar-refractivity contribution in [1.82, 2.24) is 14.1 Å². The summed E-state index contributed by atoms with van der Waals surface area (Å²) in [5.74, 6) is -0.720. The fourth-order valence-corrected chi connectivity index (χ4v) is 4.88. The Kier molecular flexibility index (Phi) is 5.25. The van der Waals surface area contributed by atoms with Crippen LogP contribution in [0, 0.1) is 13.8 Å². The zero-order valence-corrected chi connectivity index (χ0v) is 16.8. The second kappa shape index (κ2) is 7.32. The van der Waals surface area contributed by atoms with Crippen molar-refractivity contribution in [1.29, 1.82) is 0 Å². The molecule has 2 heterocycles.